The molecule has 0 aromatic rings. The molecule has 0 spiro atoms. The van der Waals surface area contributed by atoms with Crippen LogP contribution < -0.4 is 0 Å². The molecule has 0 heterocycles. The summed E-state index contributed by atoms with van der Waals surface area (Å²) in [5.41, 5.74) is 0. The number of hydrogen-bond donors (Lipinski definition) is 1. The van der Waals surface area contributed by atoms with Gasteiger partial charge in [-0.25, -0.2) is 0 Å². The predicted molar refractivity (Wildman–Crippen MR) is 223 cm³/mol. The normalized spacial score (nSPS) is 12.9. The summed E-state index contributed by atoms with van der Waals surface area (Å²) in [4.78, 5) is 24.3. The van der Waals surface area contributed by atoms with Crippen LogP contribution in [-0.4, -0.2) is 36.4 Å². The van der Waals surface area contributed by atoms with E-state index in [0.29, 0.717) is 12.8 Å². The highest BCUT2D eigenvalue weighted by Gasteiger charge is 2.15. The number of esters is 2. The molecule has 0 rings (SSSR count). The summed E-state index contributed by atoms with van der Waals surface area (Å²) < 4.78 is 10.6. The Morgan fingerprint density at radius 1 is 0.462 bits per heavy atom. The molecular formula is C47H80O5. The summed E-state index contributed by atoms with van der Waals surface area (Å²) in [7, 11) is 0. The van der Waals surface area contributed by atoms with E-state index in [-0.39, 0.29) is 31.6 Å². The fourth-order valence-corrected chi connectivity index (χ4v) is 5.82. The maximum absolute atomic E-state index is 12.2. The fraction of sp³-hybridized carbons (Fsp3) is 0.702. The van der Waals surface area contributed by atoms with Crippen LogP contribution in [0.15, 0.2) is 72.9 Å². The minimum absolute atomic E-state index is 0.107. The number of aliphatic hydroxyl groups is 1. The molecule has 0 saturated carbocycles. The summed E-state index contributed by atoms with van der Waals surface area (Å²) in [6.07, 6.45) is 57.0. The summed E-state index contributed by atoms with van der Waals surface area (Å²) in [6, 6.07) is 0. The Labute approximate surface area is 321 Å². The topological polar surface area (TPSA) is 72.8 Å². The highest BCUT2D eigenvalue weighted by Crippen LogP contribution is 2.15. The number of unbranched alkanes of at least 4 members (excludes halogenated alkanes) is 18. The number of hydrogen-bond acceptors (Lipinski definition) is 5. The van der Waals surface area contributed by atoms with Crippen LogP contribution in [0.5, 0.6) is 0 Å². The molecule has 0 aliphatic rings. The Hall–Kier alpha value is -2.66. The number of ether oxygens (including phenoxy) is 2. The molecule has 298 valence electrons. The zero-order valence-electron chi connectivity index (χ0n) is 33.8. The molecule has 0 aromatic carbocycles. The highest BCUT2D eigenvalue weighted by atomic mass is 16.6. The first-order valence-electron chi connectivity index (χ1n) is 21.5. The van der Waals surface area contributed by atoms with Crippen LogP contribution in [0.1, 0.15) is 194 Å². The van der Waals surface area contributed by atoms with Crippen LogP contribution in [0.2, 0.25) is 0 Å². The second-order valence-corrected chi connectivity index (χ2v) is 14.0. The number of aliphatic hydroxyl groups excluding tert-OH is 1. The third kappa shape index (κ3) is 40.1. The zero-order valence-corrected chi connectivity index (χ0v) is 33.8. The molecule has 0 aliphatic carbocycles. The van der Waals surface area contributed by atoms with Crippen LogP contribution in [0.25, 0.3) is 0 Å². The lowest BCUT2D eigenvalue weighted by Gasteiger charge is -2.15. The average Bonchev–Trinajstić information content (AvgIpc) is 3.15. The second kappa shape index (κ2) is 42.8. The van der Waals surface area contributed by atoms with Gasteiger partial charge in [0, 0.05) is 12.8 Å². The van der Waals surface area contributed by atoms with Gasteiger partial charge in [0.2, 0.25) is 0 Å². The largest absolute Gasteiger partial charge is 0.462 e. The van der Waals surface area contributed by atoms with E-state index in [1.807, 2.05) is 12.2 Å². The fourth-order valence-electron chi connectivity index (χ4n) is 5.82. The van der Waals surface area contributed by atoms with Crippen molar-refractivity contribution in [3.05, 3.63) is 72.9 Å². The van der Waals surface area contributed by atoms with Crippen molar-refractivity contribution in [3.8, 4) is 0 Å². The molecule has 1 N–H and O–H groups in total. The number of carbonyl (C=O) groups excluding carboxylic acids is 2. The first-order chi connectivity index (χ1) is 25.6. The number of rotatable bonds is 38. The quantitative estimate of drug-likeness (QED) is 0.0390. The minimum atomic E-state index is -0.803. The summed E-state index contributed by atoms with van der Waals surface area (Å²) in [5.74, 6) is -0.687. The van der Waals surface area contributed by atoms with E-state index in [1.165, 1.54) is 103 Å². The molecule has 0 aliphatic heterocycles. The SMILES string of the molecule is CC/C=C/C/C=C/C/C=C/C/C=C/C/C=C/C/C=C/CCC(=O)OC[C@H](CO)OC(=O)CCCCCCCCCCCCCCCCCCCCC. The molecule has 0 aromatic heterocycles. The van der Waals surface area contributed by atoms with Gasteiger partial charge in [0.25, 0.3) is 0 Å². The minimum Gasteiger partial charge on any atom is -0.462 e. The number of allylic oxidation sites excluding steroid dienone is 12. The van der Waals surface area contributed by atoms with Crippen LogP contribution in [0, 0.1) is 0 Å². The van der Waals surface area contributed by atoms with E-state index < -0.39 is 6.10 Å². The molecule has 0 radical (unpaired) electrons. The Kier molecular flexibility index (Phi) is 40.6. The van der Waals surface area contributed by atoms with E-state index in [1.54, 1.807) is 0 Å². The monoisotopic (exact) mass is 725 g/mol. The first-order valence-corrected chi connectivity index (χ1v) is 21.5. The molecule has 1 atom stereocenters. The second-order valence-electron chi connectivity index (χ2n) is 14.0. The molecule has 0 amide bonds. The van der Waals surface area contributed by atoms with Gasteiger partial charge in [-0.15, -0.1) is 0 Å². The Morgan fingerprint density at radius 3 is 1.21 bits per heavy atom. The smallest absolute Gasteiger partial charge is 0.306 e. The Morgan fingerprint density at radius 2 is 0.827 bits per heavy atom. The van der Waals surface area contributed by atoms with Crippen LogP contribution in [0.3, 0.4) is 0 Å². The van der Waals surface area contributed by atoms with Crippen molar-refractivity contribution in [3.63, 3.8) is 0 Å². The van der Waals surface area contributed by atoms with Crippen molar-refractivity contribution >= 4 is 11.9 Å². The average molecular weight is 725 g/mol. The van der Waals surface area contributed by atoms with Crippen molar-refractivity contribution in [2.75, 3.05) is 13.2 Å². The van der Waals surface area contributed by atoms with Gasteiger partial charge in [0.1, 0.15) is 6.61 Å². The molecule has 0 saturated heterocycles. The van der Waals surface area contributed by atoms with Crippen molar-refractivity contribution in [2.45, 2.75) is 200 Å². The molecule has 0 bridgehead atoms. The van der Waals surface area contributed by atoms with Crippen molar-refractivity contribution in [2.24, 2.45) is 0 Å². The van der Waals surface area contributed by atoms with Gasteiger partial charge in [-0.05, 0) is 51.4 Å². The summed E-state index contributed by atoms with van der Waals surface area (Å²) in [6.45, 7) is 3.97. The molecule has 5 nitrogen and oxygen atoms in total. The van der Waals surface area contributed by atoms with Gasteiger partial charge in [0.15, 0.2) is 6.10 Å². The van der Waals surface area contributed by atoms with Crippen molar-refractivity contribution in [1.82, 2.24) is 0 Å². The zero-order chi connectivity index (χ0) is 37.8. The molecule has 0 fully saturated rings. The molecule has 5 heteroatoms. The van der Waals surface area contributed by atoms with Crippen LogP contribution >= 0.6 is 0 Å². The van der Waals surface area contributed by atoms with Gasteiger partial charge < -0.3 is 14.6 Å². The van der Waals surface area contributed by atoms with Gasteiger partial charge in [-0.1, -0.05) is 202 Å². The van der Waals surface area contributed by atoms with Gasteiger partial charge in [-0.2, -0.15) is 0 Å². The first kappa shape index (κ1) is 49.3. The van der Waals surface area contributed by atoms with E-state index in [9.17, 15) is 14.7 Å². The maximum Gasteiger partial charge on any atom is 0.306 e. The van der Waals surface area contributed by atoms with Gasteiger partial charge >= 0.3 is 11.9 Å². The summed E-state index contributed by atoms with van der Waals surface area (Å²) in [5, 5.41) is 9.57. The summed E-state index contributed by atoms with van der Waals surface area (Å²) >= 11 is 0. The van der Waals surface area contributed by atoms with E-state index in [0.717, 1.165) is 57.8 Å². The van der Waals surface area contributed by atoms with E-state index in [2.05, 4.69) is 74.6 Å². The van der Waals surface area contributed by atoms with Gasteiger partial charge in [0.05, 0.1) is 6.61 Å². The third-order valence-electron chi connectivity index (χ3n) is 9.03. The van der Waals surface area contributed by atoms with Gasteiger partial charge in [-0.3, -0.25) is 9.59 Å². The molecular weight excluding hydrogens is 645 g/mol. The third-order valence-corrected chi connectivity index (χ3v) is 9.03. The Balaban J connectivity index is 3.65. The lowest BCUT2D eigenvalue weighted by Crippen LogP contribution is -2.28. The Bertz CT molecular complexity index is 957. The van der Waals surface area contributed by atoms with E-state index in [4.69, 9.17) is 9.47 Å². The standard InChI is InChI=1S/C47H80O5/c1-3-5-7-9-11-13-15-17-19-21-23-25-27-29-31-33-35-37-39-41-46(49)51-44-45(43-48)52-47(50)42-40-38-36-34-32-30-28-26-24-22-20-18-16-14-12-10-8-6-4-2/h5,7,11,13,17,19,23,25,29,31,35,37,45,48H,3-4,6,8-10,12,14-16,18,20-22,24,26-28,30,32-34,36,38-44H2,1-2H3/b7-5+,13-11+,19-17+,25-23+,31-29+,37-35+/t45-/m0/s1. The predicted octanol–water partition coefficient (Wildman–Crippen LogP) is 13.7. The maximum atomic E-state index is 12.2. The van der Waals surface area contributed by atoms with Crippen LogP contribution in [0.4, 0.5) is 0 Å². The van der Waals surface area contributed by atoms with E-state index >= 15 is 0 Å². The molecule has 52 heavy (non-hydrogen) atoms. The van der Waals surface area contributed by atoms with Crippen molar-refractivity contribution < 1.29 is 24.2 Å². The highest BCUT2D eigenvalue weighted by molar-refractivity contribution is 5.70. The van der Waals surface area contributed by atoms with Crippen molar-refractivity contribution in [1.29, 1.82) is 0 Å². The van der Waals surface area contributed by atoms with Crippen LogP contribution in [-0.2, 0) is 19.1 Å². The molecule has 0 unspecified atom stereocenters. The lowest BCUT2D eigenvalue weighted by molar-refractivity contribution is -0.161. The number of carbonyl (C=O) groups is 2. The lowest BCUT2D eigenvalue weighted by atomic mass is 10.0.